The zero-order chi connectivity index (χ0) is 21.7. The molecule has 30 heavy (non-hydrogen) atoms. The van der Waals surface area contributed by atoms with Crippen LogP contribution < -0.4 is 19.5 Å². The number of furan rings is 1. The van der Waals surface area contributed by atoms with Crippen LogP contribution in [0.5, 0.6) is 17.2 Å². The van der Waals surface area contributed by atoms with Gasteiger partial charge in [0.2, 0.25) is 5.76 Å². The molecular formula is C22H23NO7. The molecule has 8 heteroatoms. The maximum atomic E-state index is 12.4. The fraction of sp³-hybridized carbons (Fsp3) is 0.273. The van der Waals surface area contributed by atoms with Gasteiger partial charge in [-0.05, 0) is 32.0 Å². The molecule has 0 fully saturated rings. The number of hydrogen-bond donors (Lipinski definition) is 1. The summed E-state index contributed by atoms with van der Waals surface area (Å²) in [4.78, 5) is 24.6. The molecule has 1 aromatic heterocycles. The topological polar surface area (TPSA) is 96.2 Å². The van der Waals surface area contributed by atoms with E-state index in [-0.39, 0.29) is 5.76 Å². The Morgan fingerprint density at radius 2 is 1.70 bits per heavy atom. The molecule has 0 spiro atoms. The number of ether oxygens (including phenoxy) is 4. The van der Waals surface area contributed by atoms with Crippen LogP contribution in [-0.4, -0.2) is 39.3 Å². The molecule has 0 bridgehead atoms. The average molecular weight is 413 g/mol. The van der Waals surface area contributed by atoms with Crippen LogP contribution in [0.25, 0.3) is 11.0 Å². The molecule has 2 aromatic carbocycles. The zero-order valence-corrected chi connectivity index (χ0v) is 17.2. The van der Waals surface area contributed by atoms with Gasteiger partial charge in [0.1, 0.15) is 22.8 Å². The van der Waals surface area contributed by atoms with Crippen molar-refractivity contribution in [2.75, 3.05) is 32.8 Å². The van der Waals surface area contributed by atoms with Gasteiger partial charge in [0.25, 0.3) is 5.91 Å². The minimum atomic E-state index is -0.722. The Morgan fingerprint density at radius 1 is 1.00 bits per heavy atom. The fourth-order valence-corrected chi connectivity index (χ4v) is 2.92. The largest absolute Gasteiger partial charge is 0.497 e. The average Bonchev–Trinajstić information content (AvgIpc) is 3.08. The number of benzene rings is 2. The fourth-order valence-electron chi connectivity index (χ4n) is 2.92. The molecule has 0 unspecified atom stereocenters. The number of amides is 1. The first-order valence-corrected chi connectivity index (χ1v) is 9.31. The number of aryl methyl sites for hydroxylation is 1. The van der Waals surface area contributed by atoms with Crippen molar-refractivity contribution in [1.82, 2.24) is 0 Å². The highest BCUT2D eigenvalue weighted by atomic mass is 16.5. The van der Waals surface area contributed by atoms with Gasteiger partial charge in [0, 0.05) is 34.8 Å². The monoisotopic (exact) mass is 413 g/mol. The summed E-state index contributed by atoms with van der Waals surface area (Å²) in [6.07, 6.45) is 0. The number of carbonyl (C=O) groups excluding carboxylic acids is 2. The van der Waals surface area contributed by atoms with E-state index in [2.05, 4.69) is 5.32 Å². The van der Waals surface area contributed by atoms with Gasteiger partial charge >= 0.3 is 5.97 Å². The van der Waals surface area contributed by atoms with E-state index >= 15 is 0 Å². The van der Waals surface area contributed by atoms with Gasteiger partial charge in [0.05, 0.1) is 20.8 Å². The van der Waals surface area contributed by atoms with E-state index < -0.39 is 18.5 Å². The van der Waals surface area contributed by atoms with E-state index in [9.17, 15) is 9.59 Å². The molecule has 0 aliphatic heterocycles. The lowest BCUT2D eigenvalue weighted by Crippen LogP contribution is -2.21. The van der Waals surface area contributed by atoms with Gasteiger partial charge in [-0.3, -0.25) is 4.79 Å². The summed E-state index contributed by atoms with van der Waals surface area (Å²) >= 11 is 0. The lowest BCUT2D eigenvalue weighted by atomic mass is 10.1. The summed E-state index contributed by atoms with van der Waals surface area (Å²) in [6, 6.07) is 10.2. The van der Waals surface area contributed by atoms with Crippen LogP contribution in [0.3, 0.4) is 0 Å². The van der Waals surface area contributed by atoms with Gasteiger partial charge in [0.15, 0.2) is 6.61 Å². The molecule has 8 nitrogen and oxygen atoms in total. The van der Waals surface area contributed by atoms with Crippen LogP contribution in [0, 0.1) is 6.92 Å². The molecule has 0 saturated carbocycles. The summed E-state index contributed by atoms with van der Waals surface area (Å²) in [5.41, 5.74) is 1.61. The van der Waals surface area contributed by atoms with E-state index in [1.54, 1.807) is 43.3 Å². The highest BCUT2D eigenvalue weighted by Crippen LogP contribution is 2.29. The summed E-state index contributed by atoms with van der Waals surface area (Å²) in [5, 5.41) is 3.39. The molecule has 1 amide bonds. The normalized spacial score (nSPS) is 10.5. The summed E-state index contributed by atoms with van der Waals surface area (Å²) in [6.45, 7) is 3.70. The van der Waals surface area contributed by atoms with Crippen LogP contribution in [0.4, 0.5) is 5.69 Å². The van der Waals surface area contributed by atoms with Gasteiger partial charge in [-0.25, -0.2) is 4.79 Å². The van der Waals surface area contributed by atoms with Crippen molar-refractivity contribution in [3.8, 4) is 17.2 Å². The van der Waals surface area contributed by atoms with E-state index in [0.717, 1.165) is 5.39 Å². The smallest absolute Gasteiger partial charge is 0.375 e. The standard InChI is InChI=1S/C22H23NO7/c1-5-28-15-6-7-19-18(11-15)13(2)21(30-19)22(25)29-12-20(24)23-14-8-16(26-3)10-17(9-14)27-4/h6-11H,5,12H2,1-4H3,(H,23,24). The van der Waals surface area contributed by atoms with Crippen molar-refractivity contribution in [1.29, 1.82) is 0 Å². The first kappa shape index (κ1) is 21.0. The first-order valence-electron chi connectivity index (χ1n) is 9.31. The SMILES string of the molecule is CCOc1ccc2oc(C(=O)OCC(=O)Nc3cc(OC)cc(OC)c3)c(C)c2c1. The lowest BCUT2D eigenvalue weighted by molar-refractivity contribution is -0.119. The lowest BCUT2D eigenvalue weighted by Gasteiger charge is -2.10. The second kappa shape index (κ2) is 9.21. The van der Waals surface area contributed by atoms with Gasteiger partial charge in [-0.15, -0.1) is 0 Å². The number of anilines is 1. The number of fused-ring (bicyclic) bond motifs is 1. The first-order chi connectivity index (χ1) is 14.4. The molecule has 3 rings (SSSR count). The Labute approximate surface area is 173 Å². The molecule has 1 N–H and O–H groups in total. The summed E-state index contributed by atoms with van der Waals surface area (Å²) in [7, 11) is 3.02. The molecule has 1 heterocycles. The maximum Gasteiger partial charge on any atom is 0.375 e. The van der Waals surface area contributed by atoms with E-state index in [1.165, 1.54) is 14.2 Å². The third-order valence-electron chi connectivity index (χ3n) is 4.37. The van der Waals surface area contributed by atoms with E-state index in [4.69, 9.17) is 23.4 Å². The van der Waals surface area contributed by atoms with E-state index in [0.29, 0.717) is 40.7 Å². The highest BCUT2D eigenvalue weighted by molar-refractivity contribution is 5.98. The van der Waals surface area contributed by atoms with Crippen molar-refractivity contribution in [2.45, 2.75) is 13.8 Å². The van der Waals surface area contributed by atoms with Crippen molar-refractivity contribution in [3.63, 3.8) is 0 Å². The van der Waals surface area contributed by atoms with Crippen molar-refractivity contribution < 1.29 is 33.0 Å². The second-order valence-corrected chi connectivity index (χ2v) is 6.37. The zero-order valence-electron chi connectivity index (χ0n) is 17.2. The molecule has 0 aliphatic carbocycles. The van der Waals surface area contributed by atoms with Gasteiger partial charge in [-0.2, -0.15) is 0 Å². The number of methoxy groups -OCH3 is 2. The van der Waals surface area contributed by atoms with Crippen molar-refractivity contribution in [3.05, 3.63) is 47.7 Å². The molecule has 0 saturated heterocycles. The van der Waals surface area contributed by atoms with Crippen LogP contribution in [0.15, 0.2) is 40.8 Å². The molecule has 0 radical (unpaired) electrons. The van der Waals surface area contributed by atoms with Gasteiger partial charge in [-0.1, -0.05) is 0 Å². The Morgan fingerprint density at radius 3 is 2.33 bits per heavy atom. The quantitative estimate of drug-likeness (QED) is 0.559. The summed E-state index contributed by atoms with van der Waals surface area (Å²) in [5.74, 6) is 0.541. The summed E-state index contributed by atoms with van der Waals surface area (Å²) < 4.78 is 26.5. The highest BCUT2D eigenvalue weighted by Gasteiger charge is 2.20. The molecule has 3 aromatic rings. The minimum absolute atomic E-state index is 0.0505. The molecular weight excluding hydrogens is 390 g/mol. The van der Waals surface area contributed by atoms with Crippen LogP contribution in [0.1, 0.15) is 23.0 Å². The Balaban J connectivity index is 1.67. The molecule has 158 valence electrons. The van der Waals surface area contributed by atoms with Crippen molar-refractivity contribution >= 4 is 28.5 Å². The number of rotatable bonds is 8. The van der Waals surface area contributed by atoms with E-state index in [1.807, 2.05) is 6.92 Å². The Bertz CT molecular complexity index is 1050. The van der Waals surface area contributed by atoms with Crippen molar-refractivity contribution in [2.24, 2.45) is 0 Å². The van der Waals surface area contributed by atoms with Crippen LogP contribution >= 0.6 is 0 Å². The molecule has 0 atom stereocenters. The minimum Gasteiger partial charge on any atom is -0.497 e. The number of esters is 1. The van der Waals surface area contributed by atoms with Crippen LogP contribution in [0.2, 0.25) is 0 Å². The van der Waals surface area contributed by atoms with Crippen LogP contribution in [-0.2, 0) is 9.53 Å². The number of hydrogen-bond acceptors (Lipinski definition) is 7. The predicted octanol–water partition coefficient (Wildman–Crippen LogP) is 3.95. The third kappa shape index (κ3) is 4.65. The Kier molecular flexibility index (Phi) is 6.46. The number of nitrogens with one attached hydrogen (secondary N) is 1. The third-order valence-corrected chi connectivity index (χ3v) is 4.37. The number of carbonyl (C=O) groups is 2. The van der Waals surface area contributed by atoms with Gasteiger partial charge < -0.3 is 28.7 Å². The Hall–Kier alpha value is -3.68. The second-order valence-electron chi connectivity index (χ2n) is 6.37. The predicted molar refractivity (Wildman–Crippen MR) is 111 cm³/mol. The maximum absolute atomic E-state index is 12.4. The molecule has 0 aliphatic rings.